The Kier molecular flexibility index (Phi) is 5.42. The van der Waals surface area contributed by atoms with Crippen LogP contribution in [0.3, 0.4) is 0 Å². The van der Waals surface area contributed by atoms with Crippen molar-refractivity contribution in [2.75, 3.05) is 26.2 Å². The fourth-order valence-corrected chi connectivity index (χ4v) is 5.20. The molecule has 0 N–H and O–H groups in total. The number of rotatable bonds is 3. The van der Waals surface area contributed by atoms with Crippen molar-refractivity contribution in [1.29, 1.82) is 0 Å². The topological polar surface area (TPSA) is 59.8 Å². The summed E-state index contributed by atoms with van der Waals surface area (Å²) in [4.78, 5) is 17.1. The zero-order valence-corrected chi connectivity index (χ0v) is 19.0. The van der Waals surface area contributed by atoms with Gasteiger partial charge in [-0.3, -0.25) is 4.90 Å². The van der Waals surface area contributed by atoms with Gasteiger partial charge in [0.05, 0.1) is 49.9 Å². The van der Waals surface area contributed by atoms with Crippen LogP contribution in [-0.2, 0) is 35.9 Å². The zero-order chi connectivity index (χ0) is 22.4. The fraction of sp³-hybridized carbons (Fsp3) is 0.360. The first-order valence-electron chi connectivity index (χ1n) is 11.3. The zero-order valence-electron chi connectivity index (χ0n) is 18.2. The van der Waals surface area contributed by atoms with E-state index in [1.807, 2.05) is 4.90 Å². The van der Waals surface area contributed by atoms with Crippen LogP contribution in [0.2, 0.25) is 5.02 Å². The van der Waals surface area contributed by atoms with Crippen LogP contribution >= 0.6 is 11.6 Å². The first-order chi connectivity index (χ1) is 16.2. The quantitative estimate of drug-likeness (QED) is 0.587. The SMILES string of the molecule is O=C(N1CCN(C(c2ccc3c(c2)COC3)c2ccc3c(c2)COC3)CC1)n1cc(Cl)cn1. The van der Waals surface area contributed by atoms with Crippen molar-refractivity contribution in [3.63, 3.8) is 0 Å². The Hall–Kier alpha value is -2.71. The second-order valence-electron chi connectivity index (χ2n) is 8.85. The van der Waals surface area contributed by atoms with Crippen LogP contribution in [0, 0.1) is 0 Å². The van der Waals surface area contributed by atoms with E-state index in [2.05, 4.69) is 46.4 Å². The van der Waals surface area contributed by atoms with Gasteiger partial charge in [-0.05, 0) is 33.4 Å². The van der Waals surface area contributed by atoms with E-state index in [1.54, 1.807) is 6.20 Å². The van der Waals surface area contributed by atoms with E-state index in [1.165, 1.54) is 44.3 Å². The molecule has 2 aromatic carbocycles. The highest BCUT2D eigenvalue weighted by Gasteiger charge is 2.30. The summed E-state index contributed by atoms with van der Waals surface area (Å²) in [5.41, 5.74) is 7.60. The maximum absolute atomic E-state index is 12.8. The normalized spacial score (nSPS) is 18.1. The standard InChI is InChI=1S/C25H25ClN4O3/c26-23-11-27-30(12-23)25(31)29-7-5-28(6-8-29)24(17-1-3-19-13-32-15-21(19)9-17)18-2-4-20-14-33-16-22(20)10-18/h1-4,9-12,24H,5-8,13-16H2. The van der Waals surface area contributed by atoms with E-state index in [9.17, 15) is 4.79 Å². The Morgan fingerprint density at radius 2 is 1.42 bits per heavy atom. The van der Waals surface area contributed by atoms with Crippen LogP contribution in [0.1, 0.15) is 39.4 Å². The lowest BCUT2D eigenvalue weighted by atomic mass is 9.92. The average Bonchev–Trinajstić information content (AvgIpc) is 3.59. The fourth-order valence-electron chi connectivity index (χ4n) is 5.06. The molecule has 7 nitrogen and oxygen atoms in total. The van der Waals surface area contributed by atoms with Gasteiger partial charge in [-0.2, -0.15) is 9.78 Å². The molecule has 3 aliphatic rings. The van der Waals surface area contributed by atoms with Gasteiger partial charge < -0.3 is 14.4 Å². The number of halogens is 1. The van der Waals surface area contributed by atoms with Crippen LogP contribution in [0.4, 0.5) is 4.79 Å². The summed E-state index contributed by atoms with van der Waals surface area (Å²) in [7, 11) is 0. The van der Waals surface area contributed by atoms with Crippen LogP contribution in [0.5, 0.6) is 0 Å². The lowest BCUT2D eigenvalue weighted by molar-refractivity contribution is 0.119. The van der Waals surface area contributed by atoms with Crippen molar-refractivity contribution in [2.24, 2.45) is 0 Å². The maximum atomic E-state index is 12.8. The van der Waals surface area contributed by atoms with Crippen molar-refractivity contribution in [3.8, 4) is 0 Å². The number of hydrogen-bond donors (Lipinski definition) is 0. The summed E-state index contributed by atoms with van der Waals surface area (Å²) in [6.45, 7) is 5.53. The molecule has 1 saturated heterocycles. The number of aromatic nitrogens is 2. The molecule has 3 aromatic rings. The predicted molar refractivity (Wildman–Crippen MR) is 123 cm³/mol. The molecule has 1 aromatic heterocycles. The van der Waals surface area contributed by atoms with Gasteiger partial charge >= 0.3 is 6.03 Å². The third-order valence-electron chi connectivity index (χ3n) is 6.82. The summed E-state index contributed by atoms with van der Waals surface area (Å²) in [6.07, 6.45) is 3.04. The molecule has 3 aliphatic heterocycles. The predicted octanol–water partition coefficient (Wildman–Crippen LogP) is 3.97. The molecule has 0 bridgehead atoms. The molecule has 6 rings (SSSR count). The molecule has 33 heavy (non-hydrogen) atoms. The smallest absolute Gasteiger partial charge is 0.344 e. The van der Waals surface area contributed by atoms with E-state index in [0.29, 0.717) is 44.5 Å². The Morgan fingerprint density at radius 1 is 0.848 bits per heavy atom. The van der Waals surface area contributed by atoms with Gasteiger partial charge in [0, 0.05) is 26.2 Å². The second-order valence-corrected chi connectivity index (χ2v) is 9.29. The third kappa shape index (κ3) is 3.95. The largest absolute Gasteiger partial charge is 0.372 e. The highest BCUT2D eigenvalue weighted by molar-refractivity contribution is 6.30. The van der Waals surface area contributed by atoms with Gasteiger partial charge in [0.2, 0.25) is 0 Å². The molecule has 8 heteroatoms. The lowest BCUT2D eigenvalue weighted by Crippen LogP contribution is -2.51. The summed E-state index contributed by atoms with van der Waals surface area (Å²) >= 11 is 5.94. The molecule has 170 valence electrons. The molecular weight excluding hydrogens is 440 g/mol. The Morgan fingerprint density at radius 3 is 1.97 bits per heavy atom. The molecule has 4 heterocycles. The number of ether oxygens (including phenoxy) is 2. The molecule has 0 aliphatic carbocycles. The van der Waals surface area contributed by atoms with E-state index in [0.717, 1.165) is 13.1 Å². The molecule has 0 unspecified atom stereocenters. The molecule has 1 fully saturated rings. The number of fused-ring (bicyclic) bond motifs is 2. The minimum Gasteiger partial charge on any atom is -0.372 e. The van der Waals surface area contributed by atoms with Crippen molar-refractivity contribution in [3.05, 3.63) is 87.2 Å². The number of carbonyl (C=O) groups excluding carboxylic acids is 1. The molecular formula is C25H25ClN4O3. The summed E-state index contributed by atoms with van der Waals surface area (Å²) < 4.78 is 12.6. The second kappa shape index (κ2) is 8.57. The van der Waals surface area contributed by atoms with Crippen LogP contribution in [0.25, 0.3) is 0 Å². The number of hydrogen-bond acceptors (Lipinski definition) is 5. The summed E-state index contributed by atoms with van der Waals surface area (Å²) in [6, 6.07) is 13.4. The number of carbonyl (C=O) groups is 1. The average molecular weight is 465 g/mol. The van der Waals surface area contributed by atoms with Gasteiger partial charge in [0.1, 0.15) is 0 Å². The van der Waals surface area contributed by atoms with Crippen LogP contribution < -0.4 is 0 Å². The maximum Gasteiger partial charge on any atom is 0.344 e. The summed E-state index contributed by atoms with van der Waals surface area (Å²) in [5, 5.41) is 4.52. The highest BCUT2D eigenvalue weighted by Crippen LogP contribution is 2.34. The molecule has 0 saturated carbocycles. The third-order valence-corrected chi connectivity index (χ3v) is 7.01. The minimum absolute atomic E-state index is 0.109. The highest BCUT2D eigenvalue weighted by atomic mass is 35.5. The van der Waals surface area contributed by atoms with Gasteiger partial charge in [-0.1, -0.05) is 48.0 Å². The Bertz CT molecular complexity index is 1140. The Labute approximate surface area is 197 Å². The molecule has 0 atom stereocenters. The van der Waals surface area contributed by atoms with Crippen LogP contribution in [0.15, 0.2) is 48.8 Å². The van der Waals surface area contributed by atoms with Gasteiger partial charge in [0.25, 0.3) is 0 Å². The first kappa shape index (κ1) is 20.9. The molecule has 0 spiro atoms. The number of benzene rings is 2. The van der Waals surface area contributed by atoms with Crippen molar-refractivity contribution in [2.45, 2.75) is 32.5 Å². The van der Waals surface area contributed by atoms with E-state index in [-0.39, 0.29) is 12.1 Å². The molecule has 0 radical (unpaired) electrons. The lowest BCUT2D eigenvalue weighted by Gasteiger charge is -2.39. The van der Waals surface area contributed by atoms with Gasteiger partial charge in [0.15, 0.2) is 0 Å². The molecule has 1 amide bonds. The number of nitrogens with zero attached hydrogens (tertiary/aromatic N) is 4. The van der Waals surface area contributed by atoms with Crippen molar-refractivity contribution < 1.29 is 14.3 Å². The number of piperazine rings is 1. The monoisotopic (exact) mass is 464 g/mol. The first-order valence-corrected chi connectivity index (χ1v) is 11.7. The van der Waals surface area contributed by atoms with E-state index < -0.39 is 0 Å². The van der Waals surface area contributed by atoms with Gasteiger partial charge in [-0.15, -0.1) is 0 Å². The van der Waals surface area contributed by atoms with Crippen LogP contribution in [-0.4, -0.2) is 51.8 Å². The Balaban J connectivity index is 1.28. The van der Waals surface area contributed by atoms with Crippen molar-refractivity contribution >= 4 is 17.6 Å². The minimum atomic E-state index is -0.137. The summed E-state index contributed by atoms with van der Waals surface area (Å²) in [5.74, 6) is 0. The number of amides is 1. The van der Waals surface area contributed by atoms with E-state index in [4.69, 9.17) is 21.1 Å². The van der Waals surface area contributed by atoms with Gasteiger partial charge in [-0.25, -0.2) is 4.79 Å². The van der Waals surface area contributed by atoms with Crippen molar-refractivity contribution in [1.82, 2.24) is 19.6 Å². The van der Waals surface area contributed by atoms with E-state index >= 15 is 0 Å².